The standard InChI is InChI=1S/C12H21N3O2S/c1-9(12-7-13-15(3)10(12)2)14-11-5-4-6-18(16,17)8-11/h7,9,11,14H,4-6,8H2,1-3H3. The zero-order chi connectivity index (χ0) is 13.3. The number of aryl methyl sites for hydroxylation is 1. The topological polar surface area (TPSA) is 64.0 Å². The number of hydrogen-bond acceptors (Lipinski definition) is 4. The fourth-order valence-corrected chi connectivity index (χ4v) is 4.19. The van der Waals surface area contributed by atoms with Gasteiger partial charge in [-0.2, -0.15) is 5.10 Å². The Kier molecular flexibility index (Phi) is 3.77. The third kappa shape index (κ3) is 2.92. The highest BCUT2D eigenvalue weighted by molar-refractivity contribution is 7.91. The molecule has 1 fully saturated rings. The summed E-state index contributed by atoms with van der Waals surface area (Å²) in [5.41, 5.74) is 2.26. The van der Waals surface area contributed by atoms with Gasteiger partial charge in [-0.25, -0.2) is 8.42 Å². The molecule has 1 aromatic rings. The van der Waals surface area contributed by atoms with Crippen LogP contribution >= 0.6 is 0 Å². The number of aromatic nitrogens is 2. The van der Waals surface area contributed by atoms with E-state index in [0.717, 1.165) is 24.1 Å². The van der Waals surface area contributed by atoms with E-state index < -0.39 is 9.84 Å². The highest BCUT2D eigenvalue weighted by Crippen LogP contribution is 2.20. The zero-order valence-corrected chi connectivity index (χ0v) is 12.0. The van der Waals surface area contributed by atoms with Crippen LogP contribution in [0.25, 0.3) is 0 Å². The maximum absolute atomic E-state index is 11.6. The summed E-state index contributed by atoms with van der Waals surface area (Å²) in [5, 5.41) is 7.63. The van der Waals surface area contributed by atoms with Crippen LogP contribution in [-0.4, -0.2) is 35.7 Å². The van der Waals surface area contributed by atoms with Gasteiger partial charge in [-0.15, -0.1) is 0 Å². The Hall–Kier alpha value is -0.880. The average molecular weight is 271 g/mol. The van der Waals surface area contributed by atoms with Gasteiger partial charge in [0.15, 0.2) is 9.84 Å². The lowest BCUT2D eigenvalue weighted by molar-refractivity contribution is 0.436. The molecular weight excluding hydrogens is 250 g/mol. The maximum Gasteiger partial charge on any atom is 0.151 e. The van der Waals surface area contributed by atoms with E-state index in [4.69, 9.17) is 0 Å². The van der Waals surface area contributed by atoms with Crippen molar-refractivity contribution in [2.75, 3.05) is 11.5 Å². The minimum Gasteiger partial charge on any atom is -0.306 e. The van der Waals surface area contributed by atoms with Crippen LogP contribution in [0.2, 0.25) is 0 Å². The number of rotatable bonds is 3. The number of hydrogen-bond donors (Lipinski definition) is 1. The zero-order valence-electron chi connectivity index (χ0n) is 11.2. The molecule has 5 nitrogen and oxygen atoms in total. The van der Waals surface area contributed by atoms with Gasteiger partial charge in [0.25, 0.3) is 0 Å². The molecule has 102 valence electrons. The molecule has 0 amide bonds. The van der Waals surface area contributed by atoms with Crippen molar-refractivity contribution in [2.24, 2.45) is 7.05 Å². The molecule has 0 radical (unpaired) electrons. The first-order valence-electron chi connectivity index (χ1n) is 6.34. The lowest BCUT2D eigenvalue weighted by Crippen LogP contribution is -2.41. The van der Waals surface area contributed by atoms with E-state index in [1.807, 2.05) is 24.9 Å². The van der Waals surface area contributed by atoms with Crippen molar-refractivity contribution in [2.45, 2.75) is 38.8 Å². The fourth-order valence-electron chi connectivity index (χ4n) is 2.54. The first kappa shape index (κ1) is 13.5. The molecule has 2 atom stereocenters. The van der Waals surface area contributed by atoms with E-state index in [1.165, 1.54) is 0 Å². The van der Waals surface area contributed by atoms with Gasteiger partial charge < -0.3 is 5.32 Å². The van der Waals surface area contributed by atoms with Gasteiger partial charge in [-0.3, -0.25) is 4.68 Å². The molecule has 0 saturated carbocycles. The van der Waals surface area contributed by atoms with Crippen LogP contribution in [0.4, 0.5) is 0 Å². The van der Waals surface area contributed by atoms with E-state index in [0.29, 0.717) is 5.75 Å². The second-order valence-corrected chi connectivity index (χ2v) is 7.38. The molecule has 18 heavy (non-hydrogen) atoms. The highest BCUT2D eigenvalue weighted by Gasteiger charge is 2.26. The smallest absolute Gasteiger partial charge is 0.151 e. The molecule has 0 spiro atoms. The SMILES string of the molecule is Cc1c(C(C)NC2CCCS(=O)(=O)C2)cnn1C. The summed E-state index contributed by atoms with van der Waals surface area (Å²) >= 11 is 0. The van der Waals surface area contributed by atoms with Crippen LogP contribution in [0.5, 0.6) is 0 Å². The molecule has 1 N–H and O–H groups in total. The molecule has 2 heterocycles. The summed E-state index contributed by atoms with van der Waals surface area (Å²) in [5.74, 6) is 0.599. The third-order valence-corrected chi connectivity index (χ3v) is 5.51. The Morgan fingerprint density at radius 2 is 2.28 bits per heavy atom. The molecule has 0 aromatic carbocycles. The second kappa shape index (κ2) is 5.01. The minimum absolute atomic E-state index is 0.0679. The fraction of sp³-hybridized carbons (Fsp3) is 0.750. The van der Waals surface area contributed by atoms with Gasteiger partial charge in [0, 0.05) is 30.4 Å². The maximum atomic E-state index is 11.6. The Balaban J connectivity index is 2.03. The van der Waals surface area contributed by atoms with Crippen molar-refractivity contribution in [3.8, 4) is 0 Å². The second-order valence-electron chi connectivity index (χ2n) is 5.15. The monoisotopic (exact) mass is 271 g/mol. The molecule has 0 bridgehead atoms. The van der Waals surface area contributed by atoms with Crippen molar-refractivity contribution >= 4 is 9.84 Å². The van der Waals surface area contributed by atoms with Crippen LogP contribution in [0.3, 0.4) is 0 Å². The van der Waals surface area contributed by atoms with E-state index in [-0.39, 0.29) is 17.8 Å². The van der Waals surface area contributed by atoms with Crippen LogP contribution in [0.15, 0.2) is 6.20 Å². The van der Waals surface area contributed by atoms with Crippen molar-refractivity contribution in [3.05, 3.63) is 17.5 Å². The summed E-state index contributed by atoms with van der Waals surface area (Å²) in [7, 11) is -0.935. The van der Waals surface area contributed by atoms with Gasteiger partial charge in [0.1, 0.15) is 0 Å². The quantitative estimate of drug-likeness (QED) is 0.889. The summed E-state index contributed by atoms with van der Waals surface area (Å²) < 4.78 is 25.0. The van der Waals surface area contributed by atoms with Crippen molar-refractivity contribution in [1.29, 1.82) is 0 Å². The molecule has 2 unspecified atom stereocenters. The van der Waals surface area contributed by atoms with Gasteiger partial charge in [-0.1, -0.05) is 0 Å². The predicted octanol–water partition coefficient (Wildman–Crippen LogP) is 0.956. The van der Waals surface area contributed by atoms with Gasteiger partial charge in [0.2, 0.25) is 0 Å². The molecule has 1 aromatic heterocycles. The van der Waals surface area contributed by atoms with Crippen molar-refractivity contribution < 1.29 is 8.42 Å². The average Bonchev–Trinajstić information content (AvgIpc) is 2.58. The van der Waals surface area contributed by atoms with Crippen molar-refractivity contribution in [3.63, 3.8) is 0 Å². The molecular formula is C12H21N3O2S. The Morgan fingerprint density at radius 1 is 1.56 bits per heavy atom. The lowest BCUT2D eigenvalue weighted by atomic mass is 10.1. The first-order valence-corrected chi connectivity index (χ1v) is 8.16. The first-order chi connectivity index (χ1) is 8.39. The summed E-state index contributed by atoms with van der Waals surface area (Å²) in [6.45, 7) is 4.09. The number of nitrogens with one attached hydrogen (secondary N) is 1. The molecule has 2 rings (SSSR count). The third-order valence-electron chi connectivity index (χ3n) is 3.69. The Morgan fingerprint density at radius 3 is 2.83 bits per heavy atom. The molecule has 1 saturated heterocycles. The van der Waals surface area contributed by atoms with E-state index in [2.05, 4.69) is 17.3 Å². The van der Waals surface area contributed by atoms with Crippen LogP contribution in [0, 0.1) is 6.92 Å². The highest BCUT2D eigenvalue weighted by atomic mass is 32.2. The minimum atomic E-state index is -2.85. The van der Waals surface area contributed by atoms with Gasteiger partial charge in [0.05, 0.1) is 17.7 Å². The van der Waals surface area contributed by atoms with Crippen LogP contribution < -0.4 is 5.32 Å². The van der Waals surface area contributed by atoms with Crippen molar-refractivity contribution in [1.82, 2.24) is 15.1 Å². The molecule has 6 heteroatoms. The number of nitrogens with zero attached hydrogens (tertiary/aromatic N) is 2. The van der Waals surface area contributed by atoms with Gasteiger partial charge in [-0.05, 0) is 26.7 Å². The summed E-state index contributed by atoms with van der Waals surface area (Å²) in [6, 6.07) is 0.204. The van der Waals surface area contributed by atoms with Crippen LogP contribution in [0.1, 0.15) is 37.1 Å². The number of sulfone groups is 1. The molecule has 1 aliphatic rings. The van der Waals surface area contributed by atoms with E-state index in [1.54, 1.807) is 0 Å². The Bertz CT molecular complexity index is 521. The van der Waals surface area contributed by atoms with E-state index >= 15 is 0 Å². The Labute approximate surface area is 108 Å². The normalized spacial score (nSPS) is 24.9. The lowest BCUT2D eigenvalue weighted by Gasteiger charge is -2.26. The molecule has 0 aliphatic carbocycles. The largest absolute Gasteiger partial charge is 0.306 e. The summed E-state index contributed by atoms with van der Waals surface area (Å²) in [4.78, 5) is 0. The predicted molar refractivity (Wildman–Crippen MR) is 71.2 cm³/mol. The van der Waals surface area contributed by atoms with E-state index in [9.17, 15) is 8.42 Å². The summed E-state index contributed by atoms with van der Waals surface area (Å²) in [6.07, 6.45) is 3.55. The van der Waals surface area contributed by atoms with Crippen LogP contribution in [-0.2, 0) is 16.9 Å². The molecule has 1 aliphatic heterocycles. The van der Waals surface area contributed by atoms with Gasteiger partial charge >= 0.3 is 0 Å².